The molecule has 3 aromatic carbocycles. The summed E-state index contributed by atoms with van der Waals surface area (Å²) in [7, 11) is 1.73. The lowest BCUT2D eigenvalue weighted by Gasteiger charge is -2.37. The van der Waals surface area contributed by atoms with Gasteiger partial charge >= 0.3 is 0 Å². The number of hydrogen-bond acceptors (Lipinski definition) is 4. The zero-order valence-corrected chi connectivity index (χ0v) is 17.6. The molecule has 1 saturated heterocycles. The lowest BCUT2D eigenvalue weighted by molar-refractivity contribution is -0.0319. The third-order valence-electron chi connectivity index (χ3n) is 5.22. The van der Waals surface area contributed by atoms with Gasteiger partial charge in [-0.3, -0.25) is 4.90 Å². The van der Waals surface area contributed by atoms with Gasteiger partial charge in [-0.05, 0) is 23.3 Å². The molecular formula is C25H27NO2S. The van der Waals surface area contributed by atoms with Crippen LogP contribution < -0.4 is 4.74 Å². The molecule has 0 radical (unpaired) electrons. The second-order valence-corrected chi connectivity index (χ2v) is 8.41. The number of morpholine rings is 1. The van der Waals surface area contributed by atoms with Crippen LogP contribution in [0.2, 0.25) is 0 Å². The third kappa shape index (κ3) is 5.21. The molecule has 1 aliphatic heterocycles. The maximum absolute atomic E-state index is 6.30. The van der Waals surface area contributed by atoms with Gasteiger partial charge in [0.15, 0.2) is 0 Å². The van der Waals surface area contributed by atoms with E-state index in [1.165, 1.54) is 11.1 Å². The first-order chi connectivity index (χ1) is 14.3. The van der Waals surface area contributed by atoms with Crippen LogP contribution in [-0.4, -0.2) is 37.8 Å². The molecule has 3 aromatic rings. The molecule has 0 aliphatic carbocycles. The van der Waals surface area contributed by atoms with E-state index < -0.39 is 0 Å². The van der Waals surface area contributed by atoms with Gasteiger partial charge in [-0.15, -0.1) is 11.8 Å². The molecule has 0 N–H and O–H groups in total. The van der Waals surface area contributed by atoms with Crippen LogP contribution in [0.5, 0.6) is 5.75 Å². The lowest BCUT2D eigenvalue weighted by atomic mass is 10.1. The van der Waals surface area contributed by atoms with Crippen molar-refractivity contribution >= 4 is 11.8 Å². The molecule has 1 aliphatic rings. The van der Waals surface area contributed by atoms with Crippen molar-refractivity contribution in [3.05, 3.63) is 96.1 Å². The maximum Gasteiger partial charge on any atom is 0.132 e. The molecule has 0 amide bonds. The average molecular weight is 406 g/mol. The monoisotopic (exact) mass is 405 g/mol. The highest BCUT2D eigenvalue weighted by molar-refractivity contribution is 7.99. The highest BCUT2D eigenvalue weighted by Gasteiger charge is 2.30. The van der Waals surface area contributed by atoms with Crippen LogP contribution >= 0.6 is 11.8 Å². The van der Waals surface area contributed by atoms with E-state index in [1.807, 2.05) is 23.9 Å². The lowest BCUT2D eigenvalue weighted by Crippen LogP contribution is -2.44. The number of nitrogens with zero attached hydrogens (tertiary/aromatic N) is 1. The Morgan fingerprint density at radius 3 is 2.41 bits per heavy atom. The fraction of sp³-hybridized carbons (Fsp3) is 0.280. The largest absolute Gasteiger partial charge is 0.496 e. The van der Waals surface area contributed by atoms with Crippen molar-refractivity contribution in [1.82, 2.24) is 4.90 Å². The van der Waals surface area contributed by atoms with E-state index in [2.05, 4.69) is 77.7 Å². The summed E-state index contributed by atoms with van der Waals surface area (Å²) in [5, 5.41) is 0.200. The van der Waals surface area contributed by atoms with Crippen LogP contribution in [-0.2, 0) is 11.3 Å². The van der Waals surface area contributed by atoms with Gasteiger partial charge in [-0.25, -0.2) is 0 Å². The number of benzene rings is 3. The fourth-order valence-corrected chi connectivity index (χ4v) is 5.06. The van der Waals surface area contributed by atoms with E-state index >= 15 is 0 Å². The Morgan fingerprint density at radius 1 is 0.966 bits per heavy atom. The molecule has 150 valence electrons. The quantitative estimate of drug-likeness (QED) is 0.489. The smallest absolute Gasteiger partial charge is 0.132 e. The summed E-state index contributed by atoms with van der Waals surface area (Å²) >= 11 is 1.83. The van der Waals surface area contributed by atoms with Crippen molar-refractivity contribution in [3.8, 4) is 5.75 Å². The predicted molar refractivity (Wildman–Crippen MR) is 119 cm³/mol. The molecule has 0 bridgehead atoms. The fourth-order valence-electron chi connectivity index (χ4n) is 3.75. The Balaban J connectivity index is 1.55. The first-order valence-electron chi connectivity index (χ1n) is 10.1. The van der Waals surface area contributed by atoms with E-state index in [9.17, 15) is 0 Å². The average Bonchev–Trinajstić information content (AvgIpc) is 2.79. The summed E-state index contributed by atoms with van der Waals surface area (Å²) in [6.07, 6.45) is 0.116. The first kappa shape index (κ1) is 20.0. The highest BCUT2D eigenvalue weighted by Crippen LogP contribution is 2.43. The van der Waals surface area contributed by atoms with Crippen LogP contribution in [0.4, 0.5) is 0 Å². The highest BCUT2D eigenvalue weighted by atomic mass is 32.2. The van der Waals surface area contributed by atoms with Gasteiger partial charge in [0, 0.05) is 19.6 Å². The van der Waals surface area contributed by atoms with E-state index in [1.54, 1.807) is 7.11 Å². The van der Waals surface area contributed by atoms with Crippen molar-refractivity contribution in [3.63, 3.8) is 0 Å². The Kier molecular flexibility index (Phi) is 6.88. The maximum atomic E-state index is 6.30. The number of rotatable bonds is 7. The van der Waals surface area contributed by atoms with Crippen LogP contribution in [0.1, 0.15) is 16.4 Å². The minimum atomic E-state index is 0.116. The van der Waals surface area contributed by atoms with Crippen molar-refractivity contribution in [1.29, 1.82) is 0 Å². The summed E-state index contributed by atoms with van der Waals surface area (Å²) in [6, 6.07) is 29.6. The van der Waals surface area contributed by atoms with Gasteiger partial charge in [0.25, 0.3) is 0 Å². The van der Waals surface area contributed by atoms with Gasteiger partial charge in [0.2, 0.25) is 0 Å². The second-order valence-electron chi connectivity index (χ2n) is 7.23. The van der Waals surface area contributed by atoms with Crippen LogP contribution in [0.25, 0.3) is 0 Å². The Hall–Kier alpha value is -2.27. The Bertz CT molecular complexity index is 888. The summed E-state index contributed by atoms with van der Waals surface area (Å²) in [6.45, 7) is 3.59. The van der Waals surface area contributed by atoms with Crippen molar-refractivity contribution in [2.75, 3.05) is 26.8 Å². The molecule has 29 heavy (non-hydrogen) atoms. The molecule has 4 rings (SSSR count). The van der Waals surface area contributed by atoms with Gasteiger partial charge < -0.3 is 9.47 Å². The normalized spacial score (nSPS) is 18.3. The Morgan fingerprint density at radius 2 is 1.66 bits per heavy atom. The molecule has 3 nitrogen and oxygen atoms in total. The van der Waals surface area contributed by atoms with Gasteiger partial charge in [0.1, 0.15) is 5.75 Å². The van der Waals surface area contributed by atoms with Crippen molar-refractivity contribution in [2.45, 2.75) is 22.8 Å². The standard InChI is InChI=1S/C25H27NO2S/c1-27-22-14-8-9-15-24(22)29-25(21-12-6-3-7-13-21)23-19-26(16-17-28-23)18-20-10-4-2-5-11-20/h2-15,23,25H,16-19H2,1H3/t23-,25-/m1/s1. The molecule has 0 saturated carbocycles. The molecule has 1 fully saturated rings. The predicted octanol–water partition coefficient (Wildman–Crippen LogP) is 5.43. The third-order valence-corrected chi connectivity index (χ3v) is 6.64. The zero-order chi connectivity index (χ0) is 19.9. The summed E-state index contributed by atoms with van der Waals surface area (Å²) in [5.74, 6) is 0.912. The zero-order valence-electron chi connectivity index (χ0n) is 16.7. The van der Waals surface area contributed by atoms with Gasteiger partial charge in [0.05, 0.1) is 30.0 Å². The molecule has 1 heterocycles. The van der Waals surface area contributed by atoms with Gasteiger partial charge in [-0.2, -0.15) is 0 Å². The van der Waals surface area contributed by atoms with E-state index in [0.717, 1.165) is 36.9 Å². The number of ether oxygens (including phenoxy) is 2. The van der Waals surface area contributed by atoms with Crippen molar-refractivity contribution in [2.24, 2.45) is 0 Å². The number of hydrogen-bond donors (Lipinski definition) is 0. The number of para-hydroxylation sites is 1. The van der Waals surface area contributed by atoms with Crippen LogP contribution in [0.3, 0.4) is 0 Å². The van der Waals surface area contributed by atoms with Crippen LogP contribution in [0.15, 0.2) is 89.8 Å². The summed E-state index contributed by atoms with van der Waals surface area (Å²) < 4.78 is 11.9. The van der Waals surface area contributed by atoms with Crippen molar-refractivity contribution < 1.29 is 9.47 Å². The van der Waals surface area contributed by atoms with Gasteiger partial charge in [-0.1, -0.05) is 72.8 Å². The molecule has 0 aromatic heterocycles. The number of thioether (sulfide) groups is 1. The van der Waals surface area contributed by atoms with E-state index in [0.29, 0.717) is 0 Å². The molecule has 2 atom stereocenters. The van der Waals surface area contributed by atoms with Crippen LogP contribution in [0, 0.1) is 0 Å². The second kappa shape index (κ2) is 9.97. The summed E-state index contributed by atoms with van der Waals surface area (Å²) in [5.41, 5.74) is 2.64. The first-order valence-corrected chi connectivity index (χ1v) is 10.9. The Labute approximate surface area is 177 Å². The SMILES string of the molecule is COc1ccccc1S[C@H](c1ccccc1)[C@H]1CN(Cc2ccccc2)CCO1. The summed E-state index contributed by atoms with van der Waals surface area (Å²) in [4.78, 5) is 3.65. The molecular weight excluding hydrogens is 378 g/mol. The van der Waals surface area contributed by atoms with E-state index in [4.69, 9.17) is 9.47 Å². The number of methoxy groups -OCH3 is 1. The minimum Gasteiger partial charge on any atom is -0.496 e. The minimum absolute atomic E-state index is 0.116. The topological polar surface area (TPSA) is 21.7 Å². The van der Waals surface area contributed by atoms with E-state index in [-0.39, 0.29) is 11.4 Å². The molecule has 4 heteroatoms. The molecule has 0 unspecified atom stereocenters. The molecule has 0 spiro atoms.